The number of rotatable bonds is 4. The minimum atomic E-state index is -5.38. The average molecular weight is 214 g/mol. The zero-order valence-electron chi connectivity index (χ0n) is 6.04. The minimum Gasteiger partial charge on any atom is -0.481 e. The van der Waals surface area contributed by atoms with Gasteiger partial charge in [-0.1, -0.05) is 0 Å². The lowest BCUT2D eigenvalue weighted by Gasteiger charge is -2.16. The number of aliphatic carboxylic acids is 2. The molecule has 0 aliphatic carbocycles. The van der Waals surface area contributed by atoms with Crippen LogP contribution in [0.3, 0.4) is 0 Å². The lowest BCUT2D eigenvalue weighted by Crippen LogP contribution is -2.47. The van der Waals surface area contributed by atoms with Crippen molar-refractivity contribution in [3.05, 3.63) is 0 Å². The zero-order valence-corrected chi connectivity index (χ0v) is 6.85. The monoisotopic (exact) mass is 214 g/mol. The molecule has 8 nitrogen and oxygen atoms in total. The fourth-order valence-corrected chi connectivity index (χ4v) is 1.01. The molecule has 1 atom stereocenters. The van der Waals surface area contributed by atoms with Crippen molar-refractivity contribution >= 4 is 22.1 Å². The Kier molecular flexibility index (Phi) is 2.98. The number of carbonyl (C=O) groups is 2. The molecule has 4 N–H and O–H groups in total. The highest BCUT2D eigenvalue weighted by molar-refractivity contribution is 7.87. The predicted molar refractivity (Wildman–Crippen MR) is 36.4 cm³/mol. The first-order valence-electron chi connectivity index (χ1n) is 2.76. The normalized spacial score (nSPS) is 16.2. The van der Waals surface area contributed by atoms with Crippen LogP contribution in [-0.2, 0) is 19.7 Å². The molecular weight excluding hydrogens is 208 g/mol. The van der Waals surface area contributed by atoms with Gasteiger partial charge in [0.1, 0.15) is 6.42 Å². The number of hydrogen-bond acceptors (Lipinski definition) is 5. The van der Waals surface area contributed by atoms with E-state index < -0.39 is 33.4 Å². The van der Waals surface area contributed by atoms with Crippen molar-refractivity contribution in [1.29, 1.82) is 0 Å². The van der Waals surface area contributed by atoms with Crippen molar-refractivity contribution in [2.24, 2.45) is 0 Å². The third kappa shape index (κ3) is 2.37. The molecule has 0 aromatic carbocycles. The topological polar surface area (TPSA) is 149 Å². The third-order valence-corrected chi connectivity index (χ3v) is 2.32. The highest BCUT2D eigenvalue weighted by Gasteiger charge is 2.51. The molecule has 1 unspecified atom stereocenters. The number of carboxylic acid groups (broad SMARTS) is 2. The molecule has 76 valence electrons. The second-order valence-corrected chi connectivity index (χ2v) is 3.76. The van der Waals surface area contributed by atoms with Crippen molar-refractivity contribution < 1.29 is 37.9 Å². The third-order valence-electron chi connectivity index (χ3n) is 1.15. The molecule has 0 saturated carbocycles. The average Bonchev–Trinajstić information content (AvgIpc) is 1.82. The number of hydrogen-bond donors (Lipinski definition) is 4. The van der Waals surface area contributed by atoms with Gasteiger partial charge in [-0.25, -0.2) is 4.79 Å². The molecule has 0 fully saturated rings. The lowest BCUT2D eigenvalue weighted by atomic mass is 10.2. The first-order chi connectivity index (χ1) is 5.61. The standard InChI is InChI=1S/C4H6O8S/c5-2(6)1-4(9,3(7)8)13(10,11)12/h9H,1H2,(H,5,6)(H,7,8)(H,10,11,12). The Bertz CT molecular complexity index is 328. The predicted octanol–water partition coefficient (Wildman–Crippen LogP) is -1.88. The van der Waals surface area contributed by atoms with E-state index in [4.69, 9.17) is 19.9 Å². The van der Waals surface area contributed by atoms with E-state index >= 15 is 0 Å². The maximum atomic E-state index is 10.3. The first-order valence-corrected chi connectivity index (χ1v) is 4.20. The second kappa shape index (κ2) is 3.28. The molecule has 0 bridgehead atoms. The molecule has 0 spiro atoms. The molecule has 13 heavy (non-hydrogen) atoms. The van der Waals surface area contributed by atoms with Gasteiger partial charge >= 0.3 is 22.1 Å². The lowest BCUT2D eigenvalue weighted by molar-refractivity contribution is -0.157. The Morgan fingerprint density at radius 1 is 1.23 bits per heavy atom. The highest BCUT2D eigenvalue weighted by atomic mass is 32.2. The summed E-state index contributed by atoms with van der Waals surface area (Å²) in [6, 6.07) is 0. The molecule has 0 saturated heterocycles. The van der Waals surface area contributed by atoms with Crippen molar-refractivity contribution in [3.63, 3.8) is 0 Å². The van der Waals surface area contributed by atoms with Gasteiger partial charge in [0.05, 0.1) is 0 Å². The van der Waals surface area contributed by atoms with Crippen LogP contribution in [0.2, 0.25) is 0 Å². The van der Waals surface area contributed by atoms with Crippen LogP contribution >= 0.6 is 0 Å². The van der Waals surface area contributed by atoms with Crippen LogP contribution in [-0.4, -0.2) is 45.2 Å². The summed E-state index contributed by atoms with van der Waals surface area (Å²) in [5.74, 6) is -4.22. The summed E-state index contributed by atoms with van der Waals surface area (Å²) in [5.41, 5.74) is 0. The van der Waals surface area contributed by atoms with Gasteiger partial charge in [-0.05, 0) is 0 Å². The Labute approximate surface area is 72.2 Å². The van der Waals surface area contributed by atoms with Gasteiger partial charge in [-0.2, -0.15) is 8.42 Å². The van der Waals surface area contributed by atoms with Gasteiger partial charge in [0.2, 0.25) is 0 Å². The fraction of sp³-hybridized carbons (Fsp3) is 0.500. The number of carboxylic acids is 2. The van der Waals surface area contributed by atoms with E-state index in [0.717, 1.165) is 0 Å². The van der Waals surface area contributed by atoms with E-state index in [9.17, 15) is 18.0 Å². The summed E-state index contributed by atoms with van der Waals surface area (Å²) < 4.78 is 28.8. The molecule has 0 aromatic heterocycles. The Morgan fingerprint density at radius 2 is 1.62 bits per heavy atom. The van der Waals surface area contributed by atoms with Crippen LogP contribution in [0.15, 0.2) is 0 Å². The van der Waals surface area contributed by atoms with Gasteiger partial charge in [-0.3, -0.25) is 9.35 Å². The molecular formula is C4H6O8S. The maximum absolute atomic E-state index is 10.3. The smallest absolute Gasteiger partial charge is 0.355 e. The van der Waals surface area contributed by atoms with Crippen LogP contribution in [0.5, 0.6) is 0 Å². The van der Waals surface area contributed by atoms with Gasteiger partial charge in [0, 0.05) is 0 Å². The molecule has 0 aliphatic heterocycles. The maximum Gasteiger partial charge on any atom is 0.355 e. The minimum absolute atomic E-state index is 1.64. The Morgan fingerprint density at radius 3 is 1.69 bits per heavy atom. The van der Waals surface area contributed by atoms with Crippen LogP contribution in [0, 0.1) is 0 Å². The Hall–Kier alpha value is -1.19. The van der Waals surface area contributed by atoms with Gasteiger partial charge in [0.25, 0.3) is 4.93 Å². The highest BCUT2D eigenvalue weighted by Crippen LogP contribution is 2.17. The Balaban J connectivity index is 5.21. The first kappa shape index (κ1) is 11.8. The summed E-state index contributed by atoms with van der Waals surface area (Å²) >= 11 is 0. The second-order valence-electron chi connectivity index (χ2n) is 2.14. The van der Waals surface area contributed by atoms with Crippen LogP contribution < -0.4 is 0 Å². The summed E-state index contributed by atoms with van der Waals surface area (Å²) in [6.07, 6.45) is -1.64. The molecule has 0 rings (SSSR count). The largest absolute Gasteiger partial charge is 0.481 e. The molecule has 0 aromatic rings. The van der Waals surface area contributed by atoms with Crippen LogP contribution in [0.4, 0.5) is 0 Å². The van der Waals surface area contributed by atoms with Gasteiger partial charge in [-0.15, -0.1) is 0 Å². The SMILES string of the molecule is O=C(O)CC(O)(C(=O)O)S(=O)(=O)O. The van der Waals surface area contributed by atoms with E-state index in [1.165, 1.54) is 0 Å². The molecule has 0 aliphatic rings. The molecule has 9 heteroatoms. The zero-order chi connectivity index (χ0) is 10.9. The van der Waals surface area contributed by atoms with Crippen molar-refractivity contribution in [2.45, 2.75) is 11.4 Å². The summed E-state index contributed by atoms with van der Waals surface area (Å²) in [6.45, 7) is 0. The summed E-state index contributed by atoms with van der Waals surface area (Å²) in [7, 11) is -5.38. The molecule has 0 amide bonds. The molecule has 0 heterocycles. The van der Waals surface area contributed by atoms with Crippen molar-refractivity contribution in [1.82, 2.24) is 0 Å². The van der Waals surface area contributed by atoms with E-state index in [1.807, 2.05) is 0 Å². The number of aliphatic hydroxyl groups is 1. The molecule has 0 radical (unpaired) electrons. The van der Waals surface area contributed by atoms with Gasteiger partial charge in [0.15, 0.2) is 0 Å². The van der Waals surface area contributed by atoms with E-state index in [0.29, 0.717) is 0 Å². The summed E-state index contributed by atoms with van der Waals surface area (Å²) in [4.78, 5) is 16.4. The van der Waals surface area contributed by atoms with E-state index in [1.54, 1.807) is 0 Å². The van der Waals surface area contributed by atoms with E-state index in [-0.39, 0.29) is 0 Å². The van der Waals surface area contributed by atoms with Crippen LogP contribution in [0.1, 0.15) is 6.42 Å². The van der Waals surface area contributed by atoms with Crippen molar-refractivity contribution in [2.75, 3.05) is 0 Å². The van der Waals surface area contributed by atoms with Crippen molar-refractivity contribution in [3.8, 4) is 0 Å². The van der Waals surface area contributed by atoms with E-state index in [2.05, 4.69) is 0 Å². The quantitative estimate of drug-likeness (QED) is 0.397. The van der Waals surface area contributed by atoms with Gasteiger partial charge < -0.3 is 15.3 Å². The van der Waals surface area contributed by atoms with Crippen LogP contribution in [0.25, 0.3) is 0 Å². The summed E-state index contributed by atoms with van der Waals surface area (Å²) in [5, 5.41) is 25.0. The fourth-order valence-electron chi connectivity index (χ4n) is 0.482.